The maximum absolute atomic E-state index is 11.7. The number of pyridine rings is 1. The second-order valence-electron chi connectivity index (χ2n) is 3.08. The van der Waals surface area contributed by atoms with Gasteiger partial charge in [0, 0.05) is 31.2 Å². The van der Waals surface area contributed by atoms with Crippen LogP contribution in [0.15, 0.2) is 35.5 Å². The third-order valence-corrected chi connectivity index (χ3v) is 2.25. The summed E-state index contributed by atoms with van der Waals surface area (Å²) in [6.45, 7) is 0. The molecule has 2 heterocycles. The SMILES string of the molecule is Cn1cccc(-c2cnc(Cl)nc2)c1=O. The van der Waals surface area contributed by atoms with Gasteiger partial charge in [0.1, 0.15) is 0 Å². The van der Waals surface area contributed by atoms with Gasteiger partial charge in [-0.1, -0.05) is 0 Å². The van der Waals surface area contributed by atoms with Crippen LogP contribution in [-0.2, 0) is 7.05 Å². The first-order valence-electron chi connectivity index (χ1n) is 4.32. The molecule has 76 valence electrons. The molecular formula is C10H8ClN3O. The topological polar surface area (TPSA) is 47.8 Å². The lowest BCUT2D eigenvalue weighted by Crippen LogP contribution is -2.17. The molecule has 4 nitrogen and oxygen atoms in total. The molecule has 15 heavy (non-hydrogen) atoms. The molecule has 0 atom stereocenters. The zero-order valence-corrected chi connectivity index (χ0v) is 8.77. The third-order valence-electron chi connectivity index (χ3n) is 2.05. The summed E-state index contributed by atoms with van der Waals surface area (Å²) in [5, 5.41) is 0.173. The van der Waals surface area contributed by atoms with E-state index in [0.29, 0.717) is 11.1 Å². The van der Waals surface area contributed by atoms with Crippen molar-refractivity contribution in [3.63, 3.8) is 0 Å². The number of hydrogen-bond donors (Lipinski definition) is 0. The molecule has 0 saturated heterocycles. The fourth-order valence-corrected chi connectivity index (χ4v) is 1.37. The van der Waals surface area contributed by atoms with Crippen molar-refractivity contribution in [2.24, 2.45) is 7.05 Å². The summed E-state index contributed by atoms with van der Waals surface area (Å²) in [6.07, 6.45) is 4.76. The van der Waals surface area contributed by atoms with Crippen LogP contribution >= 0.6 is 11.6 Å². The molecule has 0 saturated carbocycles. The van der Waals surface area contributed by atoms with Crippen LogP contribution in [-0.4, -0.2) is 14.5 Å². The van der Waals surface area contributed by atoms with Crippen molar-refractivity contribution in [1.82, 2.24) is 14.5 Å². The van der Waals surface area contributed by atoms with Crippen LogP contribution in [0.1, 0.15) is 0 Å². The van der Waals surface area contributed by atoms with Crippen molar-refractivity contribution < 1.29 is 0 Å². The molecule has 0 bridgehead atoms. The largest absolute Gasteiger partial charge is 0.318 e. The van der Waals surface area contributed by atoms with Crippen LogP contribution in [0, 0.1) is 0 Å². The zero-order chi connectivity index (χ0) is 10.8. The Bertz CT molecular complexity index is 533. The standard InChI is InChI=1S/C10H8ClN3O/c1-14-4-2-3-8(9(14)15)7-5-12-10(11)13-6-7/h2-6H,1H3. The summed E-state index contributed by atoms with van der Waals surface area (Å²) in [7, 11) is 1.70. The Morgan fingerprint density at radius 2 is 2.00 bits per heavy atom. The van der Waals surface area contributed by atoms with Crippen molar-refractivity contribution in [2.75, 3.05) is 0 Å². The highest BCUT2D eigenvalue weighted by Gasteiger charge is 2.04. The second-order valence-corrected chi connectivity index (χ2v) is 3.42. The first kappa shape index (κ1) is 9.86. The fourth-order valence-electron chi connectivity index (χ4n) is 1.27. The molecule has 2 aromatic rings. The van der Waals surface area contributed by atoms with Gasteiger partial charge in [-0.3, -0.25) is 4.79 Å². The molecule has 0 radical (unpaired) electrons. The Morgan fingerprint density at radius 3 is 2.67 bits per heavy atom. The fraction of sp³-hybridized carbons (Fsp3) is 0.100. The molecule has 0 unspecified atom stereocenters. The average molecular weight is 222 g/mol. The van der Waals surface area contributed by atoms with E-state index in [1.807, 2.05) is 0 Å². The van der Waals surface area contributed by atoms with E-state index in [1.165, 1.54) is 17.0 Å². The number of aromatic nitrogens is 3. The van der Waals surface area contributed by atoms with Crippen LogP contribution in [0.3, 0.4) is 0 Å². The van der Waals surface area contributed by atoms with Gasteiger partial charge in [-0.05, 0) is 23.7 Å². The maximum atomic E-state index is 11.7. The molecule has 0 spiro atoms. The summed E-state index contributed by atoms with van der Waals surface area (Å²) >= 11 is 5.56. The highest BCUT2D eigenvalue weighted by atomic mass is 35.5. The van der Waals surface area contributed by atoms with Crippen LogP contribution in [0.2, 0.25) is 5.28 Å². The number of nitrogens with zero attached hydrogens (tertiary/aromatic N) is 3. The number of aryl methyl sites for hydroxylation is 1. The smallest absolute Gasteiger partial charge is 0.258 e. The molecule has 0 aromatic carbocycles. The molecule has 2 aromatic heterocycles. The van der Waals surface area contributed by atoms with Crippen molar-refractivity contribution >= 4 is 11.6 Å². The Morgan fingerprint density at radius 1 is 1.33 bits per heavy atom. The van der Waals surface area contributed by atoms with Crippen LogP contribution in [0.4, 0.5) is 0 Å². The molecule has 5 heteroatoms. The highest BCUT2D eigenvalue weighted by Crippen LogP contribution is 2.13. The predicted octanol–water partition coefficient (Wildman–Crippen LogP) is 1.50. The van der Waals surface area contributed by atoms with Gasteiger partial charge in [0.25, 0.3) is 5.56 Å². The van der Waals surface area contributed by atoms with Crippen LogP contribution in [0.25, 0.3) is 11.1 Å². The van der Waals surface area contributed by atoms with Crippen molar-refractivity contribution in [2.45, 2.75) is 0 Å². The molecule has 0 aliphatic rings. The van der Waals surface area contributed by atoms with Crippen molar-refractivity contribution in [1.29, 1.82) is 0 Å². The van der Waals surface area contributed by atoms with Gasteiger partial charge < -0.3 is 4.57 Å². The summed E-state index contributed by atoms with van der Waals surface area (Å²) in [5.74, 6) is 0. The summed E-state index contributed by atoms with van der Waals surface area (Å²) < 4.78 is 1.50. The highest BCUT2D eigenvalue weighted by molar-refractivity contribution is 6.28. The van der Waals surface area contributed by atoms with E-state index in [1.54, 1.807) is 25.4 Å². The van der Waals surface area contributed by atoms with E-state index in [9.17, 15) is 4.79 Å². The van der Waals surface area contributed by atoms with E-state index >= 15 is 0 Å². The van der Waals surface area contributed by atoms with Crippen LogP contribution in [0.5, 0.6) is 0 Å². The molecule has 2 rings (SSSR count). The van der Waals surface area contributed by atoms with E-state index in [2.05, 4.69) is 9.97 Å². The molecule has 0 fully saturated rings. The minimum atomic E-state index is -0.0802. The Hall–Kier alpha value is -1.68. The van der Waals surface area contributed by atoms with E-state index < -0.39 is 0 Å². The van der Waals surface area contributed by atoms with Gasteiger partial charge in [0.2, 0.25) is 5.28 Å². The van der Waals surface area contributed by atoms with Gasteiger partial charge in [-0.15, -0.1) is 0 Å². The van der Waals surface area contributed by atoms with Crippen molar-refractivity contribution in [3.8, 4) is 11.1 Å². The number of halogens is 1. The summed E-state index contributed by atoms with van der Waals surface area (Å²) in [6, 6.07) is 3.53. The Kier molecular flexibility index (Phi) is 2.51. The zero-order valence-electron chi connectivity index (χ0n) is 8.01. The van der Waals surface area contributed by atoms with Gasteiger partial charge in [0.15, 0.2) is 0 Å². The average Bonchev–Trinajstić information content (AvgIpc) is 2.24. The molecular weight excluding hydrogens is 214 g/mol. The van der Waals surface area contributed by atoms with E-state index in [-0.39, 0.29) is 10.8 Å². The van der Waals surface area contributed by atoms with Gasteiger partial charge in [-0.2, -0.15) is 0 Å². The predicted molar refractivity (Wildman–Crippen MR) is 57.7 cm³/mol. The van der Waals surface area contributed by atoms with E-state index in [0.717, 1.165) is 0 Å². The summed E-state index contributed by atoms with van der Waals surface area (Å²) in [4.78, 5) is 19.4. The first-order valence-corrected chi connectivity index (χ1v) is 4.70. The first-order chi connectivity index (χ1) is 7.18. The molecule has 0 N–H and O–H groups in total. The second kappa shape index (κ2) is 3.82. The van der Waals surface area contributed by atoms with Gasteiger partial charge in [-0.25, -0.2) is 9.97 Å². The lowest BCUT2D eigenvalue weighted by molar-refractivity contribution is 0.862. The third kappa shape index (κ3) is 1.89. The monoisotopic (exact) mass is 221 g/mol. The minimum absolute atomic E-state index is 0.0802. The maximum Gasteiger partial charge on any atom is 0.258 e. The lowest BCUT2D eigenvalue weighted by atomic mass is 10.1. The Labute approximate surface area is 91.2 Å². The number of rotatable bonds is 1. The van der Waals surface area contributed by atoms with E-state index in [4.69, 9.17) is 11.6 Å². The minimum Gasteiger partial charge on any atom is -0.318 e. The molecule has 0 amide bonds. The lowest BCUT2D eigenvalue weighted by Gasteiger charge is -2.01. The van der Waals surface area contributed by atoms with Crippen molar-refractivity contribution in [3.05, 3.63) is 46.4 Å². The number of hydrogen-bond acceptors (Lipinski definition) is 3. The Balaban J connectivity index is 2.59. The van der Waals surface area contributed by atoms with Gasteiger partial charge >= 0.3 is 0 Å². The molecule has 0 aliphatic carbocycles. The quantitative estimate of drug-likeness (QED) is 0.686. The normalized spacial score (nSPS) is 10.3. The van der Waals surface area contributed by atoms with Gasteiger partial charge in [0.05, 0.1) is 5.56 Å². The summed E-state index contributed by atoms with van der Waals surface area (Å²) in [5.41, 5.74) is 1.15. The van der Waals surface area contributed by atoms with Crippen LogP contribution < -0.4 is 5.56 Å². The molecule has 0 aliphatic heterocycles.